The molecule has 6 nitrogen and oxygen atoms in total. The molecule has 21 heavy (non-hydrogen) atoms. The number of carboxylic acid groups (broad SMARTS) is 1. The number of carboxylic acids is 1. The van der Waals surface area contributed by atoms with Crippen LogP contribution in [0.15, 0.2) is 12.7 Å². The van der Waals surface area contributed by atoms with Crippen LogP contribution in [0.4, 0.5) is 4.79 Å². The van der Waals surface area contributed by atoms with Gasteiger partial charge in [-0.05, 0) is 31.6 Å². The zero-order valence-corrected chi connectivity index (χ0v) is 12.7. The Balaban J connectivity index is 2.62. The number of nitrogens with zero attached hydrogens (tertiary/aromatic N) is 1. The highest BCUT2D eigenvalue weighted by atomic mass is 16.4. The summed E-state index contributed by atoms with van der Waals surface area (Å²) in [6.07, 6.45) is 4.49. The van der Waals surface area contributed by atoms with E-state index < -0.39 is 11.4 Å². The molecule has 1 fully saturated rings. The molecule has 0 radical (unpaired) electrons. The molecule has 0 saturated heterocycles. The van der Waals surface area contributed by atoms with Gasteiger partial charge in [0, 0.05) is 19.6 Å². The predicted molar refractivity (Wildman–Crippen MR) is 80.0 cm³/mol. The number of hydrogen-bond donors (Lipinski definition) is 3. The smallest absolute Gasteiger partial charge is 0.317 e. The Morgan fingerprint density at radius 3 is 2.52 bits per heavy atom. The predicted octanol–water partition coefficient (Wildman–Crippen LogP) is 1.46. The summed E-state index contributed by atoms with van der Waals surface area (Å²) >= 11 is 0. The van der Waals surface area contributed by atoms with Crippen molar-refractivity contribution in [3.8, 4) is 0 Å². The highest BCUT2D eigenvalue weighted by Gasteiger charge is 2.41. The molecule has 0 unspecified atom stereocenters. The van der Waals surface area contributed by atoms with Gasteiger partial charge < -0.3 is 20.4 Å². The van der Waals surface area contributed by atoms with E-state index in [4.69, 9.17) is 5.11 Å². The second-order valence-corrected chi connectivity index (χ2v) is 5.89. The number of nitrogens with one attached hydrogen (secondary N) is 1. The average Bonchev–Trinajstić information content (AvgIpc) is 2.46. The van der Waals surface area contributed by atoms with Gasteiger partial charge in [0.2, 0.25) is 0 Å². The highest BCUT2D eigenvalue weighted by molar-refractivity contribution is 5.78. The van der Waals surface area contributed by atoms with Gasteiger partial charge >= 0.3 is 12.0 Å². The maximum atomic E-state index is 12.1. The maximum absolute atomic E-state index is 12.1. The van der Waals surface area contributed by atoms with E-state index in [-0.39, 0.29) is 25.7 Å². The Morgan fingerprint density at radius 1 is 1.43 bits per heavy atom. The van der Waals surface area contributed by atoms with Crippen molar-refractivity contribution in [1.29, 1.82) is 0 Å². The Labute approximate surface area is 125 Å². The van der Waals surface area contributed by atoms with E-state index in [0.717, 1.165) is 12.8 Å². The lowest BCUT2D eigenvalue weighted by Gasteiger charge is -2.36. The van der Waals surface area contributed by atoms with Crippen LogP contribution in [0.3, 0.4) is 0 Å². The number of carbonyl (C=O) groups excluding carboxylic acids is 1. The van der Waals surface area contributed by atoms with Crippen molar-refractivity contribution in [1.82, 2.24) is 10.2 Å². The van der Waals surface area contributed by atoms with Gasteiger partial charge in [0.25, 0.3) is 0 Å². The molecule has 3 N–H and O–H groups in total. The van der Waals surface area contributed by atoms with Crippen LogP contribution in [-0.2, 0) is 4.79 Å². The molecule has 1 aliphatic rings. The number of hydrogen-bond acceptors (Lipinski definition) is 3. The summed E-state index contributed by atoms with van der Waals surface area (Å²) in [5.74, 6) is -0.299. The number of urea groups is 1. The zero-order valence-electron chi connectivity index (χ0n) is 12.7. The van der Waals surface area contributed by atoms with Crippen molar-refractivity contribution in [2.45, 2.75) is 32.6 Å². The molecule has 2 amide bonds. The van der Waals surface area contributed by atoms with Gasteiger partial charge in [-0.25, -0.2) is 4.79 Å². The van der Waals surface area contributed by atoms with E-state index in [9.17, 15) is 14.7 Å². The van der Waals surface area contributed by atoms with Crippen molar-refractivity contribution >= 4 is 12.0 Å². The SMILES string of the molecule is C=CCN(CCO)C(=O)NCC1(C(=O)O)CCC(C)CC1. The largest absolute Gasteiger partial charge is 0.481 e. The fourth-order valence-electron chi connectivity index (χ4n) is 2.69. The van der Waals surface area contributed by atoms with Crippen LogP contribution in [0.5, 0.6) is 0 Å². The third kappa shape index (κ3) is 4.74. The molecule has 0 aromatic rings. The molecule has 0 aromatic heterocycles. The van der Waals surface area contributed by atoms with E-state index in [2.05, 4.69) is 18.8 Å². The quantitative estimate of drug-likeness (QED) is 0.621. The first-order valence-electron chi connectivity index (χ1n) is 7.43. The monoisotopic (exact) mass is 298 g/mol. The van der Waals surface area contributed by atoms with Crippen LogP contribution in [0.25, 0.3) is 0 Å². The summed E-state index contributed by atoms with van der Waals surface area (Å²) in [6, 6.07) is -0.358. The minimum Gasteiger partial charge on any atom is -0.481 e. The van der Waals surface area contributed by atoms with Crippen LogP contribution in [0.2, 0.25) is 0 Å². The molecule has 0 bridgehead atoms. The molecule has 6 heteroatoms. The van der Waals surface area contributed by atoms with Crippen LogP contribution >= 0.6 is 0 Å². The van der Waals surface area contributed by atoms with Crippen LogP contribution < -0.4 is 5.32 Å². The number of aliphatic hydroxyl groups excluding tert-OH is 1. The van der Waals surface area contributed by atoms with Crippen LogP contribution in [-0.4, -0.2) is 53.4 Å². The average molecular weight is 298 g/mol. The fourth-order valence-corrected chi connectivity index (χ4v) is 2.69. The lowest BCUT2D eigenvalue weighted by Crippen LogP contribution is -2.49. The molecule has 0 aromatic carbocycles. The van der Waals surface area contributed by atoms with Gasteiger partial charge in [0.1, 0.15) is 0 Å². The fraction of sp³-hybridized carbons (Fsp3) is 0.733. The Hall–Kier alpha value is -1.56. The third-order valence-electron chi connectivity index (χ3n) is 4.27. The lowest BCUT2D eigenvalue weighted by molar-refractivity contribution is -0.151. The first-order valence-corrected chi connectivity index (χ1v) is 7.43. The first kappa shape index (κ1) is 17.5. The van der Waals surface area contributed by atoms with Gasteiger partial charge in [0.15, 0.2) is 0 Å². The standard InChI is InChI=1S/C15H26N2O4/c1-3-8-17(9-10-18)14(21)16-11-15(13(19)20)6-4-12(2)5-7-15/h3,12,18H,1,4-11H2,2H3,(H,16,21)(H,19,20). The van der Waals surface area contributed by atoms with Crippen molar-refractivity contribution in [2.24, 2.45) is 11.3 Å². The highest BCUT2D eigenvalue weighted by Crippen LogP contribution is 2.38. The second-order valence-electron chi connectivity index (χ2n) is 5.89. The molecular weight excluding hydrogens is 272 g/mol. The van der Waals surface area contributed by atoms with Crippen molar-refractivity contribution in [3.63, 3.8) is 0 Å². The minimum atomic E-state index is -0.860. The van der Waals surface area contributed by atoms with Gasteiger partial charge in [-0.2, -0.15) is 0 Å². The molecule has 0 atom stereocenters. The minimum absolute atomic E-state index is 0.132. The molecule has 0 heterocycles. The summed E-state index contributed by atoms with van der Waals surface area (Å²) in [4.78, 5) is 25.1. The number of aliphatic carboxylic acids is 1. The van der Waals surface area contributed by atoms with Gasteiger partial charge in [-0.1, -0.05) is 13.0 Å². The molecule has 1 aliphatic carbocycles. The molecule has 0 spiro atoms. The van der Waals surface area contributed by atoms with Crippen LogP contribution in [0.1, 0.15) is 32.6 Å². The van der Waals surface area contributed by atoms with Crippen molar-refractivity contribution in [2.75, 3.05) is 26.2 Å². The van der Waals surface area contributed by atoms with E-state index in [1.165, 1.54) is 4.90 Å². The number of aliphatic hydroxyl groups is 1. The summed E-state index contributed by atoms with van der Waals surface area (Å²) in [6.45, 7) is 6.21. The molecular formula is C15H26N2O4. The topological polar surface area (TPSA) is 89.9 Å². The van der Waals surface area contributed by atoms with E-state index in [1.54, 1.807) is 6.08 Å². The van der Waals surface area contributed by atoms with Gasteiger partial charge in [-0.15, -0.1) is 6.58 Å². The second kappa shape index (κ2) is 8.02. The first-order chi connectivity index (χ1) is 9.95. The van der Waals surface area contributed by atoms with Crippen molar-refractivity contribution < 1.29 is 19.8 Å². The Bertz CT molecular complexity index is 376. The molecule has 1 saturated carbocycles. The number of rotatable bonds is 7. The lowest BCUT2D eigenvalue weighted by atomic mass is 9.71. The zero-order chi connectivity index (χ0) is 15.9. The number of amides is 2. The summed E-state index contributed by atoms with van der Waals surface area (Å²) in [7, 11) is 0. The van der Waals surface area contributed by atoms with Crippen LogP contribution in [0, 0.1) is 11.3 Å². The van der Waals surface area contributed by atoms with Gasteiger partial charge in [0.05, 0.1) is 12.0 Å². The number of carbonyl (C=O) groups is 2. The van der Waals surface area contributed by atoms with E-state index in [0.29, 0.717) is 25.3 Å². The molecule has 1 rings (SSSR count). The van der Waals surface area contributed by atoms with E-state index in [1.807, 2.05) is 0 Å². The normalized spacial score (nSPS) is 25.1. The summed E-state index contributed by atoms with van der Waals surface area (Å²) < 4.78 is 0. The van der Waals surface area contributed by atoms with E-state index >= 15 is 0 Å². The summed E-state index contributed by atoms with van der Waals surface area (Å²) in [5, 5.41) is 21.2. The summed E-state index contributed by atoms with van der Waals surface area (Å²) in [5.41, 5.74) is -0.860. The Kier molecular flexibility index (Phi) is 6.68. The van der Waals surface area contributed by atoms with Crippen molar-refractivity contribution in [3.05, 3.63) is 12.7 Å². The third-order valence-corrected chi connectivity index (χ3v) is 4.27. The maximum Gasteiger partial charge on any atom is 0.317 e. The Morgan fingerprint density at radius 2 is 2.05 bits per heavy atom. The molecule has 0 aliphatic heterocycles. The van der Waals surface area contributed by atoms with Gasteiger partial charge in [-0.3, -0.25) is 4.79 Å². The molecule has 120 valence electrons.